The number of benzene rings is 3. The fourth-order valence-corrected chi connectivity index (χ4v) is 4.89. The largest absolute Gasteiger partial charge is 0.395 e. The van der Waals surface area contributed by atoms with Crippen molar-refractivity contribution in [2.24, 2.45) is 5.73 Å². The minimum absolute atomic E-state index is 0.117. The number of imidazole rings is 1. The topological polar surface area (TPSA) is 124 Å². The molecule has 0 bridgehead atoms. The molecule has 5 rings (SSSR count). The second-order valence-corrected chi connectivity index (χ2v) is 9.49. The lowest BCUT2D eigenvalue weighted by Gasteiger charge is -2.37. The molecule has 194 valence electrons. The van der Waals surface area contributed by atoms with Gasteiger partial charge in [-0.2, -0.15) is 0 Å². The van der Waals surface area contributed by atoms with Gasteiger partial charge >= 0.3 is 0 Å². The van der Waals surface area contributed by atoms with E-state index in [2.05, 4.69) is 27.4 Å². The highest BCUT2D eigenvalue weighted by Crippen LogP contribution is 2.33. The second-order valence-electron chi connectivity index (χ2n) is 9.49. The van der Waals surface area contributed by atoms with Crippen LogP contribution in [0.5, 0.6) is 0 Å². The first kappa shape index (κ1) is 25.4. The maximum atomic E-state index is 13.7. The van der Waals surface area contributed by atoms with Crippen molar-refractivity contribution in [2.75, 3.05) is 13.2 Å². The van der Waals surface area contributed by atoms with Gasteiger partial charge < -0.3 is 26.0 Å². The first-order valence-electron chi connectivity index (χ1n) is 12.7. The number of aromatic nitrogens is 2. The Labute approximate surface area is 221 Å². The zero-order chi connectivity index (χ0) is 26.5. The molecule has 0 fully saturated rings. The molecule has 1 aliphatic heterocycles. The minimum atomic E-state index is -0.750. The highest BCUT2D eigenvalue weighted by Gasteiger charge is 2.35. The average Bonchev–Trinajstić information content (AvgIpc) is 3.46. The van der Waals surface area contributed by atoms with E-state index >= 15 is 0 Å². The third-order valence-corrected chi connectivity index (χ3v) is 6.91. The molecule has 2 heterocycles. The first-order valence-corrected chi connectivity index (χ1v) is 12.7. The van der Waals surface area contributed by atoms with Gasteiger partial charge in [0.05, 0.1) is 30.6 Å². The van der Waals surface area contributed by atoms with E-state index in [1.807, 2.05) is 65.7 Å². The number of fused-ring (bicyclic) bond motifs is 1. The smallest absolute Gasteiger partial charge is 0.251 e. The molecule has 0 radical (unpaired) electrons. The number of aliphatic hydroxyl groups is 1. The van der Waals surface area contributed by atoms with Crippen molar-refractivity contribution < 1.29 is 14.7 Å². The van der Waals surface area contributed by atoms with Crippen LogP contribution >= 0.6 is 0 Å². The lowest BCUT2D eigenvalue weighted by atomic mass is 9.92. The minimum Gasteiger partial charge on any atom is -0.395 e. The number of amides is 2. The number of aliphatic hydroxyl groups excluding tert-OH is 1. The van der Waals surface area contributed by atoms with E-state index in [4.69, 9.17) is 10.8 Å². The highest BCUT2D eigenvalue weighted by atomic mass is 16.3. The van der Waals surface area contributed by atoms with E-state index in [1.165, 1.54) is 5.56 Å². The zero-order valence-electron chi connectivity index (χ0n) is 21.0. The molecule has 5 N–H and O–H groups in total. The average molecular weight is 510 g/mol. The van der Waals surface area contributed by atoms with Crippen molar-refractivity contribution in [3.8, 4) is 11.3 Å². The van der Waals surface area contributed by atoms with Crippen LogP contribution in [0.25, 0.3) is 11.3 Å². The van der Waals surface area contributed by atoms with E-state index in [0.29, 0.717) is 24.9 Å². The van der Waals surface area contributed by atoms with E-state index < -0.39 is 6.04 Å². The molecule has 2 amide bonds. The number of aromatic amines is 1. The summed E-state index contributed by atoms with van der Waals surface area (Å²) in [7, 11) is 0. The van der Waals surface area contributed by atoms with Gasteiger partial charge in [0, 0.05) is 25.1 Å². The van der Waals surface area contributed by atoms with E-state index in [1.54, 1.807) is 12.1 Å². The van der Waals surface area contributed by atoms with Crippen molar-refractivity contribution >= 4 is 11.8 Å². The van der Waals surface area contributed by atoms with Crippen molar-refractivity contribution in [3.05, 3.63) is 113 Å². The summed E-state index contributed by atoms with van der Waals surface area (Å²) in [6, 6.07) is 24.1. The van der Waals surface area contributed by atoms with Gasteiger partial charge in [-0.05, 0) is 40.8 Å². The van der Waals surface area contributed by atoms with Gasteiger partial charge in [0.2, 0.25) is 5.91 Å². The number of hydrogen-bond acceptors (Lipinski definition) is 5. The van der Waals surface area contributed by atoms with Crippen LogP contribution in [0, 0.1) is 0 Å². The number of H-pyrrole nitrogens is 1. The van der Waals surface area contributed by atoms with E-state index in [9.17, 15) is 9.59 Å². The van der Waals surface area contributed by atoms with Crippen LogP contribution in [0.3, 0.4) is 0 Å². The second kappa shape index (κ2) is 11.4. The van der Waals surface area contributed by atoms with Crippen molar-refractivity contribution in [1.29, 1.82) is 0 Å². The normalized spacial score (nSPS) is 15.5. The number of nitrogens with one attached hydrogen (secondary N) is 2. The number of carbonyl (C=O) groups is 2. The lowest BCUT2D eigenvalue weighted by Crippen LogP contribution is -2.48. The molecular weight excluding hydrogens is 478 g/mol. The number of rotatable bonds is 8. The van der Waals surface area contributed by atoms with Crippen LogP contribution in [0.4, 0.5) is 0 Å². The first-order chi connectivity index (χ1) is 18.5. The summed E-state index contributed by atoms with van der Waals surface area (Å²) in [5.74, 6) is 0.332. The van der Waals surface area contributed by atoms with Gasteiger partial charge in [-0.3, -0.25) is 9.59 Å². The van der Waals surface area contributed by atoms with Crippen LogP contribution in [-0.4, -0.2) is 51.0 Å². The molecule has 8 heteroatoms. The molecule has 0 spiro atoms. The Bertz CT molecular complexity index is 1400. The quantitative estimate of drug-likeness (QED) is 0.291. The predicted octanol–water partition coefficient (Wildman–Crippen LogP) is 2.99. The molecule has 0 aliphatic carbocycles. The fraction of sp³-hybridized carbons (Fsp3) is 0.233. The van der Waals surface area contributed by atoms with Crippen LogP contribution in [0.1, 0.15) is 38.9 Å². The molecule has 4 aromatic rings. The Morgan fingerprint density at radius 1 is 1.03 bits per heavy atom. The number of nitrogens with zero attached hydrogens (tertiary/aromatic N) is 2. The van der Waals surface area contributed by atoms with Gasteiger partial charge in [0.1, 0.15) is 5.82 Å². The van der Waals surface area contributed by atoms with Crippen molar-refractivity contribution in [3.63, 3.8) is 0 Å². The van der Waals surface area contributed by atoms with Gasteiger partial charge in [0.15, 0.2) is 0 Å². The molecule has 0 unspecified atom stereocenters. The summed E-state index contributed by atoms with van der Waals surface area (Å²) in [5.41, 5.74) is 12.1. The van der Waals surface area contributed by atoms with Gasteiger partial charge in [-0.25, -0.2) is 4.98 Å². The fourth-order valence-electron chi connectivity index (χ4n) is 4.89. The van der Waals surface area contributed by atoms with Crippen LogP contribution in [0.15, 0.2) is 85.1 Å². The molecule has 8 nitrogen and oxygen atoms in total. The molecule has 1 aliphatic rings. The lowest BCUT2D eigenvalue weighted by molar-refractivity contribution is -0.136. The van der Waals surface area contributed by atoms with Crippen LogP contribution in [-0.2, 0) is 24.2 Å². The SMILES string of the molecule is N[C@@H](Cc1ccc(C(=O)NCCO)cc1)C(=O)N1Cc2ccccc2C[C@H]1c1ncc(-c2ccccc2)[nH]1. The summed E-state index contributed by atoms with van der Waals surface area (Å²) in [4.78, 5) is 35.8. The Hall–Kier alpha value is -4.27. The molecule has 38 heavy (non-hydrogen) atoms. The Kier molecular flexibility index (Phi) is 7.62. The summed E-state index contributed by atoms with van der Waals surface area (Å²) >= 11 is 0. The molecule has 2 atom stereocenters. The summed E-state index contributed by atoms with van der Waals surface area (Å²) < 4.78 is 0. The maximum absolute atomic E-state index is 13.7. The highest BCUT2D eigenvalue weighted by molar-refractivity contribution is 5.94. The van der Waals surface area contributed by atoms with Crippen molar-refractivity contribution in [1.82, 2.24) is 20.2 Å². The standard InChI is InChI=1S/C30H31N5O3/c31-25(16-20-10-12-22(13-11-20)29(37)32-14-15-36)30(38)35-19-24-9-5-4-8-23(24)17-27(35)28-33-18-26(34-28)21-6-2-1-3-7-21/h1-13,18,25,27,36H,14-17,19,31H2,(H,32,37)(H,33,34)/t25-,27-/m0/s1. The molecule has 3 aromatic carbocycles. The summed E-state index contributed by atoms with van der Waals surface area (Å²) in [6.07, 6.45) is 2.80. The van der Waals surface area contributed by atoms with Crippen LogP contribution < -0.4 is 11.1 Å². The molecule has 0 saturated carbocycles. The monoisotopic (exact) mass is 509 g/mol. The maximum Gasteiger partial charge on any atom is 0.251 e. The van der Waals surface area contributed by atoms with E-state index in [0.717, 1.165) is 28.2 Å². The molecule has 1 aromatic heterocycles. The zero-order valence-corrected chi connectivity index (χ0v) is 21.0. The number of carbonyl (C=O) groups excluding carboxylic acids is 2. The number of hydrogen-bond donors (Lipinski definition) is 4. The molecular formula is C30H31N5O3. The van der Waals surface area contributed by atoms with E-state index in [-0.39, 0.29) is 31.0 Å². The van der Waals surface area contributed by atoms with Crippen molar-refractivity contribution in [2.45, 2.75) is 31.5 Å². The third-order valence-electron chi connectivity index (χ3n) is 6.91. The predicted molar refractivity (Wildman–Crippen MR) is 145 cm³/mol. The number of nitrogens with two attached hydrogens (primary N) is 1. The summed E-state index contributed by atoms with van der Waals surface area (Å²) in [5, 5.41) is 11.5. The third kappa shape index (κ3) is 5.51. The van der Waals surface area contributed by atoms with Gasteiger partial charge in [0.25, 0.3) is 5.91 Å². The Morgan fingerprint density at radius 3 is 2.47 bits per heavy atom. The summed E-state index contributed by atoms with van der Waals surface area (Å²) in [6.45, 7) is 0.537. The van der Waals surface area contributed by atoms with Gasteiger partial charge in [-0.1, -0.05) is 66.7 Å². The van der Waals surface area contributed by atoms with Gasteiger partial charge in [-0.15, -0.1) is 0 Å². The molecule has 0 saturated heterocycles. The van der Waals surface area contributed by atoms with Crippen LogP contribution in [0.2, 0.25) is 0 Å². The Balaban J connectivity index is 1.35. The Morgan fingerprint density at radius 2 is 1.74 bits per heavy atom.